The summed E-state index contributed by atoms with van der Waals surface area (Å²) in [7, 11) is 0. The minimum absolute atomic E-state index is 0.0418. The van der Waals surface area contributed by atoms with Gasteiger partial charge in [0.05, 0.1) is 0 Å². The van der Waals surface area contributed by atoms with Crippen LogP contribution in [0.3, 0.4) is 0 Å². The third kappa shape index (κ3) is 3.30. The van der Waals surface area contributed by atoms with Crippen molar-refractivity contribution in [3.05, 3.63) is 70.5 Å². The number of benzene rings is 2. The highest BCUT2D eigenvalue weighted by molar-refractivity contribution is 5.99. The molecule has 0 unspecified atom stereocenters. The third-order valence-electron chi connectivity index (χ3n) is 6.03. The van der Waals surface area contributed by atoms with Gasteiger partial charge in [0, 0.05) is 24.7 Å². The Morgan fingerprint density at radius 3 is 2.79 bits per heavy atom. The summed E-state index contributed by atoms with van der Waals surface area (Å²) in [5.41, 5.74) is 2.88. The van der Waals surface area contributed by atoms with Gasteiger partial charge in [0.25, 0.3) is 5.91 Å². The van der Waals surface area contributed by atoms with Gasteiger partial charge in [-0.2, -0.15) is 0 Å². The fourth-order valence-corrected chi connectivity index (χ4v) is 4.34. The van der Waals surface area contributed by atoms with Crippen LogP contribution in [-0.4, -0.2) is 46.8 Å². The van der Waals surface area contributed by atoms with E-state index in [4.69, 9.17) is 0 Å². The summed E-state index contributed by atoms with van der Waals surface area (Å²) in [5, 5.41) is 0. The molecule has 2 aliphatic heterocycles. The quantitative estimate of drug-likeness (QED) is 0.817. The fourth-order valence-electron chi connectivity index (χ4n) is 4.34. The number of fused-ring (bicyclic) bond motifs is 1. The minimum Gasteiger partial charge on any atom is -0.336 e. The summed E-state index contributed by atoms with van der Waals surface area (Å²) in [5.74, 6) is -0.311. The molecule has 2 aliphatic rings. The van der Waals surface area contributed by atoms with E-state index < -0.39 is 6.04 Å². The molecule has 0 spiro atoms. The van der Waals surface area contributed by atoms with Crippen LogP contribution in [0.2, 0.25) is 0 Å². The molecule has 0 bridgehead atoms. The van der Waals surface area contributed by atoms with Crippen LogP contribution < -0.4 is 0 Å². The molecule has 2 amide bonds. The van der Waals surface area contributed by atoms with Crippen molar-refractivity contribution in [2.45, 2.75) is 45.2 Å². The third-order valence-corrected chi connectivity index (χ3v) is 6.03. The maximum Gasteiger partial charge on any atom is 0.254 e. The Morgan fingerprint density at radius 2 is 2.00 bits per heavy atom. The standard InChI is InChI=1S/C23H25FN2O2/c1-15-9-10-17(13-21(15)24)12-18-6-3-4-8-20(18)23(28)26-14-19-7-5-11-25(19)22(27)16(26)2/h3-4,6,8-10,13,16,19H,5,7,11-12,14H2,1-2H3/t16-,19+/m1/s1. The van der Waals surface area contributed by atoms with Gasteiger partial charge in [-0.25, -0.2) is 4.39 Å². The second-order valence-corrected chi connectivity index (χ2v) is 7.88. The van der Waals surface area contributed by atoms with Gasteiger partial charge in [-0.3, -0.25) is 9.59 Å². The van der Waals surface area contributed by atoms with Crippen LogP contribution in [0.25, 0.3) is 0 Å². The smallest absolute Gasteiger partial charge is 0.254 e. The number of aryl methyl sites for hydroxylation is 1. The minimum atomic E-state index is -0.452. The second-order valence-electron chi connectivity index (χ2n) is 7.88. The molecule has 146 valence electrons. The zero-order chi connectivity index (χ0) is 19.8. The van der Waals surface area contributed by atoms with Crippen molar-refractivity contribution in [1.29, 1.82) is 0 Å². The van der Waals surface area contributed by atoms with Crippen LogP contribution in [-0.2, 0) is 11.2 Å². The molecule has 2 aromatic rings. The van der Waals surface area contributed by atoms with Crippen molar-refractivity contribution in [2.24, 2.45) is 0 Å². The predicted molar refractivity (Wildman–Crippen MR) is 106 cm³/mol. The number of carbonyl (C=O) groups is 2. The van der Waals surface area contributed by atoms with Gasteiger partial charge in [0.1, 0.15) is 11.9 Å². The Morgan fingerprint density at radius 1 is 1.21 bits per heavy atom. The van der Waals surface area contributed by atoms with Gasteiger partial charge in [0.15, 0.2) is 0 Å². The molecule has 0 aliphatic carbocycles. The summed E-state index contributed by atoms with van der Waals surface area (Å²) >= 11 is 0. The predicted octanol–water partition coefficient (Wildman–Crippen LogP) is 3.56. The van der Waals surface area contributed by atoms with E-state index in [-0.39, 0.29) is 23.7 Å². The van der Waals surface area contributed by atoms with E-state index >= 15 is 0 Å². The molecule has 4 rings (SSSR count). The van der Waals surface area contributed by atoms with E-state index in [0.29, 0.717) is 24.1 Å². The highest BCUT2D eigenvalue weighted by Gasteiger charge is 2.42. The first kappa shape index (κ1) is 18.7. The SMILES string of the molecule is Cc1ccc(Cc2ccccc2C(=O)N2C[C@@H]3CCCN3C(=O)[C@H]2C)cc1F. The first-order valence-electron chi connectivity index (χ1n) is 9.90. The maximum absolute atomic E-state index is 13.9. The molecule has 2 atom stereocenters. The van der Waals surface area contributed by atoms with Gasteiger partial charge in [0.2, 0.25) is 5.91 Å². The molecular weight excluding hydrogens is 355 g/mol. The number of hydrogen-bond acceptors (Lipinski definition) is 2. The molecule has 2 aromatic carbocycles. The Bertz CT molecular complexity index is 927. The van der Waals surface area contributed by atoms with Gasteiger partial charge >= 0.3 is 0 Å². The molecule has 2 heterocycles. The average molecular weight is 380 g/mol. The molecule has 0 saturated carbocycles. The summed E-state index contributed by atoms with van der Waals surface area (Å²) in [4.78, 5) is 29.7. The van der Waals surface area contributed by atoms with Gasteiger partial charge in [-0.15, -0.1) is 0 Å². The first-order valence-corrected chi connectivity index (χ1v) is 9.90. The van der Waals surface area contributed by atoms with E-state index in [1.165, 1.54) is 6.07 Å². The number of nitrogens with zero attached hydrogens (tertiary/aromatic N) is 2. The van der Waals surface area contributed by atoms with Crippen molar-refractivity contribution in [3.8, 4) is 0 Å². The van der Waals surface area contributed by atoms with Crippen LogP contribution in [0.4, 0.5) is 4.39 Å². The molecule has 0 radical (unpaired) electrons. The van der Waals surface area contributed by atoms with E-state index in [0.717, 1.165) is 30.5 Å². The van der Waals surface area contributed by atoms with Gasteiger partial charge in [-0.05, 0) is 61.9 Å². The van der Waals surface area contributed by atoms with Crippen molar-refractivity contribution < 1.29 is 14.0 Å². The Balaban J connectivity index is 1.61. The fraction of sp³-hybridized carbons (Fsp3) is 0.391. The monoisotopic (exact) mass is 380 g/mol. The number of piperazine rings is 1. The maximum atomic E-state index is 13.9. The lowest BCUT2D eigenvalue weighted by Crippen LogP contribution is -2.60. The van der Waals surface area contributed by atoms with Gasteiger partial charge < -0.3 is 9.80 Å². The molecule has 0 N–H and O–H groups in total. The van der Waals surface area contributed by atoms with Crippen LogP contribution in [0.5, 0.6) is 0 Å². The molecule has 4 nitrogen and oxygen atoms in total. The molecule has 2 saturated heterocycles. The van der Waals surface area contributed by atoms with Crippen molar-refractivity contribution in [3.63, 3.8) is 0 Å². The van der Waals surface area contributed by atoms with Crippen LogP contribution in [0.15, 0.2) is 42.5 Å². The van der Waals surface area contributed by atoms with E-state index in [1.54, 1.807) is 24.0 Å². The van der Waals surface area contributed by atoms with Crippen molar-refractivity contribution >= 4 is 11.8 Å². The van der Waals surface area contributed by atoms with E-state index in [1.807, 2.05) is 36.1 Å². The first-order chi connectivity index (χ1) is 13.5. The van der Waals surface area contributed by atoms with Crippen molar-refractivity contribution in [2.75, 3.05) is 13.1 Å². The number of amides is 2. The summed E-state index contributed by atoms with van der Waals surface area (Å²) in [6.07, 6.45) is 2.43. The molecular formula is C23H25FN2O2. The Hall–Kier alpha value is -2.69. The Labute approximate surface area is 164 Å². The highest BCUT2D eigenvalue weighted by Crippen LogP contribution is 2.28. The second kappa shape index (κ2) is 7.38. The average Bonchev–Trinajstić information content (AvgIpc) is 3.16. The lowest BCUT2D eigenvalue weighted by molar-refractivity contribution is -0.141. The number of rotatable bonds is 3. The summed E-state index contributed by atoms with van der Waals surface area (Å²) in [6.45, 7) is 4.93. The Kier molecular flexibility index (Phi) is 4.92. The largest absolute Gasteiger partial charge is 0.336 e. The summed E-state index contributed by atoms with van der Waals surface area (Å²) in [6, 6.07) is 12.3. The zero-order valence-corrected chi connectivity index (χ0v) is 16.3. The molecule has 5 heteroatoms. The lowest BCUT2D eigenvalue weighted by Gasteiger charge is -2.41. The molecule has 2 fully saturated rings. The lowest BCUT2D eigenvalue weighted by atomic mass is 9.97. The van der Waals surface area contributed by atoms with E-state index in [9.17, 15) is 14.0 Å². The number of halogens is 1. The normalized spacial score (nSPS) is 21.8. The highest BCUT2D eigenvalue weighted by atomic mass is 19.1. The van der Waals surface area contributed by atoms with Crippen molar-refractivity contribution in [1.82, 2.24) is 9.80 Å². The van der Waals surface area contributed by atoms with Gasteiger partial charge in [-0.1, -0.05) is 30.3 Å². The van der Waals surface area contributed by atoms with E-state index in [2.05, 4.69) is 0 Å². The zero-order valence-electron chi connectivity index (χ0n) is 16.3. The molecule has 28 heavy (non-hydrogen) atoms. The summed E-state index contributed by atoms with van der Waals surface area (Å²) < 4.78 is 13.9. The van der Waals surface area contributed by atoms with Crippen LogP contribution in [0.1, 0.15) is 46.8 Å². The van der Waals surface area contributed by atoms with Crippen LogP contribution >= 0.6 is 0 Å². The number of hydrogen-bond donors (Lipinski definition) is 0. The topological polar surface area (TPSA) is 40.6 Å². The van der Waals surface area contributed by atoms with Crippen LogP contribution in [0, 0.1) is 12.7 Å². The number of carbonyl (C=O) groups excluding carboxylic acids is 2. The molecule has 0 aromatic heterocycles.